The fourth-order valence-corrected chi connectivity index (χ4v) is 4.15. The van der Waals surface area contributed by atoms with E-state index >= 15 is 0 Å². The van der Waals surface area contributed by atoms with E-state index in [4.69, 9.17) is 16.3 Å². The predicted octanol–water partition coefficient (Wildman–Crippen LogP) is 2.47. The number of ether oxygens (including phenoxy) is 1. The van der Waals surface area contributed by atoms with E-state index in [9.17, 15) is 14.4 Å². The number of carbonyl (C=O) groups is 3. The molecule has 0 aliphatic carbocycles. The maximum atomic E-state index is 12.7. The number of hydrogen-bond acceptors (Lipinski definition) is 4. The van der Waals surface area contributed by atoms with Gasteiger partial charge in [-0.05, 0) is 37.1 Å². The van der Waals surface area contributed by atoms with Crippen molar-refractivity contribution in [3.8, 4) is 0 Å². The van der Waals surface area contributed by atoms with Gasteiger partial charge < -0.3 is 19.5 Å². The lowest BCUT2D eigenvalue weighted by atomic mass is 10.1. The average Bonchev–Trinajstić information content (AvgIpc) is 2.96. The Morgan fingerprint density at radius 1 is 1.34 bits per heavy atom. The minimum atomic E-state index is -0.453. The Morgan fingerprint density at radius 2 is 2.03 bits per heavy atom. The molecule has 29 heavy (non-hydrogen) atoms. The van der Waals surface area contributed by atoms with Crippen LogP contribution in [0.1, 0.15) is 28.5 Å². The van der Waals surface area contributed by atoms with Gasteiger partial charge in [0.15, 0.2) is 0 Å². The first-order valence-corrected chi connectivity index (χ1v) is 9.78. The van der Waals surface area contributed by atoms with E-state index in [2.05, 4.69) is 11.9 Å². The highest BCUT2D eigenvalue weighted by atomic mass is 35.5. The number of aromatic nitrogens is 1. The number of halogens is 1. The van der Waals surface area contributed by atoms with E-state index in [1.165, 1.54) is 13.2 Å². The van der Waals surface area contributed by atoms with Crippen LogP contribution in [-0.2, 0) is 27.3 Å². The monoisotopic (exact) mass is 417 g/mol. The predicted molar refractivity (Wildman–Crippen MR) is 111 cm³/mol. The molecule has 1 fully saturated rings. The summed E-state index contributed by atoms with van der Waals surface area (Å²) in [6, 6.07) is 3.45. The second-order valence-electron chi connectivity index (χ2n) is 7.08. The maximum Gasteiger partial charge on any atom is 0.340 e. The van der Waals surface area contributed by atoms with Gasteiger partial charge in [0, 0.05) is 29.2 Å². The zero-order chi connectivity index (χ0) is 21.3. The molecule has 8 heteroatoms. The first-order valence-electron chi connectivity index (χ1n) is 9.40. The molecule has 1 saturated heterocycles. The standard InChI is InChI=1S/C21H24ClN3O4/c1-5-16-19(21(28)29-4)15-8-13(22)7-12(3)20(15)25(16)11-17(26)23-14-9-24(10-14)18(27)6-2/h6-8,14H,2,5,9-11H2,1,3-4H3,(H,23,26). The summed E-state index contributed by atoms with van der Waals surface area (Å²) in [7, 11) is 1.34. The Kier molecular flexibility index (Phi) is 5.98. The summed E-state index contributed by atoms with van der Waals surface area (Å²) >= 11 is 6.22. The Hall–Kier alpha value is -2.80. The van der Waals surface area contributed by atoms with Crippen LogP contribution in [0.3, 0.4) is 0 Å². The van der Waals surface area contributed by atoms with Crippen molar-refractivity contribution < 1.29 is 19.1 Å². The van der Waals surface area contributed by atoms with Gasteiger partial charge in [0.1, 0.15) is 6.54 Å². The Bertz CT molecular complexity index is 1010. The molecule has 2 amide bonds. The van der Waals surface area contributed by atoms with E-state index in [1.54, 1.807) is 11.0 Å². The normalized spacial score (nSPS) is 13.9. The van der Waals surface area contributed by atoms with Crippen LogP contribution in [0.25, 0.3) is 10.9 Å². The van der Waals surface area contributed by atoms with Crippen LogP contribution in [0.5, 0.6) is 0 Å². The molecule has 2 aromatic rings. The van der Waals surface area contributed by atoms with Crippen molar-refractivity contribution >= 4 is 40.3 Å². The van der Waals surface area contributed by atoms with E-state index in [-0.39, 0.29) is 24.4 Å². The number of amides is 2. The summed E-state index contributed by atoms with van der Waals surface area (Å²) in [4.78, 5) is 38.3. The number of hydrogen-bond donors (Lipinski definition) is 1. The number of nitrogens with zero attached hydrogens (tertiary/aromatic N) is 2. The van der Waals surface area contributed by atoms with Gasteiger partial charge >= 0.3 is 5.97 Å². The molecular weight excluding hydrogens is 394 g/mol. The molecule has 0 unspecified atom stereocenters. The van der Waals surface area contributed by atoms with Crippen LogP contribution in [0.2, 0.25) is 5.02 Å². The number of fused-ring (bicyclic) bond motifs is 1. The lowest BCUT2D eigenvalue weighted by molar-refractivity contribution is -0.133. The topological polar surface area (TPSA) is 80.6 Å². The summed E-state index contributed by atoms with van der Waals surface area (Å²) < 4.78 is 6.83. The number of nitrogens with one attached hydrogen (secondary N) is 1. The van der Waals surface area contributed by atoms with E-state index in [1.807, 2.05) is 24.5 Å². The average molecular weight is 418 g/mol. The second kappa shape index (κ2) is 8.29. The summed E-state index contributed by atoms with van der Waals surface area (Å²) in [6.07, 6.45) is 1.81. The fourth-order valence-electron chi connectivity index (χ4n) is 3.88. The van der Waals surface area contributed by atoms with Gasteiger partial charge in [0.05, 0.1) is 24.2 Å². The van der Waals surface area contributed by atoms with Crippen LogP contribution < -0.4 is 5.32 Å². The third kappa shape index (κ3) is 3.87. The molecule has 0 radical (unpaired) electrons. The molecule has 7 nitrogen and oxygen atoms in total. The molecule has 3 rings (SSSR count). The largest absolute Gasteiger partial charge is 0.465 e. The third-order valence-electron chi connectivity index (χ3n) is 5.18. The fraction of sp³-hybridized carbons (Fsp3) is 0.381. The highest BCUT2D eigenvalue weighted by Gasteiger charge is 2.31. The molecule has 154 valence electrons. The molecule has 0 atom stereocenters. The van der Waals surface area contributed by atoms with Crippen molar-refractivity contribution in [3.63, 3.8) is 0 Å². The Morgan fingerprint density at radius 3 is 2.62 bits per heavy atom. The maximum absolute atomic E-state index is 12.7. The third-order valence-corrected chi connectivity index (χ3v) is 5.40. The smallest absolute Gasteiger partial charge is 0.340 e. The second-order valence-corrected chi connectivity index (χ2v) is 7.52. The number of aryl methyl sites for hydroxylation is 1. The van der Waals surface area contributed by atoms with Crippen molar-refractivity contribution in [2.24, 2.45) is 0 Å². The van der Waals surface area contributed by atoms with Gasteiger partial charge in [-0.3, -0.25) is 9.59 Å². The van der Waals surface area contributed by atoms with E-state index in [0.717, 1.165) is 16.8 Å². The van der Waals surface area contributed by atoms with Gasteiger partial charge in [0.25, 0.3) is 0 Å². The summed E-state index contributed by atoms with van der Waals surface area (Å²) in [5, 5.41) is 4.14. The first kappa shape index (κ1) is 20.9. The van der Waals surface area contributed by atoms with Gasteiger partial charge in [-0.1, -0.05) is 25.1 Å². The minimum absolute atomic E-state index is 0.0606. The summed E-state index contributed by atoms with van der Waals surface area (Å²) in [6.45, 7) is 8.27. The van der Waals surface area contributed by atoms with Crippen LogP contribution in [0.15, 0.2) is 24.8 Å². The van der Waals surface area contributed by atoms with Gasteiger partial charge in [-0.15, -0.1) is 0 Å². The molecule has 0 spiro atoms. The van der Waals surface area contributed by atoms with E-state index < -0.39 is 5.97 Å². The first-order chi connectivity index (χ1) is 13.8. The minimum Gasteiger partial charge on any atom is -0.465 e. The van der Waals surface area contributed by atoms with Crippen molar-refractivity contribution in [1.29, 1.82) is 0 Å². The quantitative estimate of drug-likeness (QED) is 0.578. The van der Waals surface area contributed by atoms with E-state index in [0.29, 0.717) is 35.5 Å². The van der Waals surface area contributed by atoms with Crippen molar-refractivity contribution in [2.75, 3.05) is 20.2 Å². The number of rotatable bonds is 6. The zero-order valence-electron chi connectivity index (χ0n) is 16.8. The van der Waals surface area contributed by atoms with Crippen molar-refractivity contribution in [1.82, 2.24) is 14.8 Å². The SMILES string of the molecule is C=CC(=O)N1CC(NC(=O)Cn2c(CC)c(C(=O)OC)c3cc(Cl)cc(C)c32)C1. The Balaban J connectivity index is 1.91. The molecule has 1 aromatic carbocycles. The van der Waals surface area contributed by atoms with Crippen LogP contribution in [0.4, 0.5) is 0 Å². The molecule has 0 bridgehead atoms. The molecule has 1 aliphatic heterocycles. The molecular formula is C21H24ClN3O4. The van der Waals surface area contributed by atoms with Crippen molar-refractivity contribution in [3.05, 3.63) is 46.6 Å². The summed E-state index contributed by atoms with van der Waals surface area (Å²) in [5.74, 6) is -0.779. The van der Waals surface area contributed by atoms with Gasteiger partial charge in [-0.2, -0.15) is 0 Å². The molecule has 1 aromatic heterocycles. The molecule has 1 aliphatic rings. The van der Waals surface area contributed by atoms with Crippen LogP contribution >= 0.6 is 11.6 Å². The van der Waals surface area contributed by atoms with Crippen LogP contribution in [-0.4, -0.2) is 53.5 Å². The number of esters is 1. The molecule has 0 saturated carbocycles. The number of likely N-dealkylation sites (tertiary alicyclic amines) is 1. The highest BCUT2D eigenvalue weighted by Crippen LogP contribution is 2.32. The van der Waals surface area contributed by atoms with Crippen LogP contribution in [0, 0.1) is 6.92 Å². The lowest BCUT2D eigenvalue weighted by Gasteiger charge is -2.39. The number of methoxy groups -OCH3 is 1. The molecule has 2 heterocycles. The lowest BCUT2D eigenvalue weighted by Crippen LogP contribution is -2.61. The summed E-state index contributed by atoms with van der Waals surface area (Å²) in [5.41, 5.74) is 2.83. The van der Waals surface area contributed by atoms with Gasteiger partial charge in [-0.25, -0.2) is 4.79 Å². The number of benzene rings is 1. The number of carbonyl (C=O) groups excluding carboxylic acids is 3. The zero-order valence-corrected chi connectivity index (χ0v) is 17.5. The molecule has 1 N–H and O–H groups in total. The van der Waals surface area contributed by atoms with Gasteiger partial charge in [0.2, 0.25) is 11.8 Å². The Labute approximate surface area is 174 Å². The highest BCUT2D eigenvalue weighted by molar-refractivity contribution is 6.31. The van der Waals surface area contributed by atoms with Crippen molar-refractivity contribution in [2.45, 2.75) is 32.9 Å².